The molecule has 0 aliphatic heterocycles. The maximum Gasteiger partial charge on any atom is 0.410 e. The molecule has 7 heteroatoms. The summed E-state index contributed by atoms with van der Waals surface area (Å²) in [5.41, 5.74) is 5.72. The number of nitrogens with two attached hydrogens (primary N) is 1. The SMILES string of the molecule is C=C(C)C(C(=O)OC)c1cc(F)c(OC(N)=O)cc1OC1CCCC1. The van der Waals surface area contributed by atoms with Crippen molar-refractivity contribution in [2.75, 3.05) is 7.11 Å². The van der Waals surface area contributed by atoms with Crippen LogP contribution in [0.4, 0.5) is 9.18 Å². The molecule has 0 saturated heterocycles. The maximum atomic E-state index is 14.3. The van der Waals surface area contributed by atoms with E-state index < -0.39 is 23.8 Å². The standard InChI is InChI=1S/C18H22FNO5/c1-10(2)16(17(21)23-3)12-8-13(19)15(25-18(20)22)9-14(12)24-11-6-4-5-7-11/h8-9,11,16H,1,4-7H2,2-3H3,(H2,20,22). The fraction of sp³-hybridized carbons (Fsp3) is 0.444. The van der Waals surface area contributed by atoms with Gasteiger partial charge in [-0.3, -0.25) is 4.79 Å². The van der Waals surface area contributed by atoms with Crippen LogP contribution in [-0.2, 0) is 9.53 Å². The monoisotopic (exact) mass is 351 g/mol. The zero-order valence-electron chi connectivity index (χ0n) is 14.3. The van der Waals surface area contributed by atoms with E-state index in [1.54, 1.807) is 6.92 Å². The number of ether oxygens (including phenoxy) is 3. The summed E-state index contributed by atoms with van der Waals surface area (Å²) >= 11 is 0. The van der Waals surface area contributed by atoms with Gasteiger partial charge in [0.25, 0.3) is 0 Å². The lowest BCUT2D eigenvalue weighted by Crippen LogP contribution is -2.20. The fourth-order valence-electron chi connectivity index (χ4n) is 2.96. The highest BCUT2D eigenvalue weighted by Crippen LogP contribution is 2.38. The number of carbonyl (C=O) groups excluding carboxylic acids is 2. The molecule has 1 aliphatic carbocycles. The summed E-state index contributed by atoms with van der Waals surface area (Å²) in [6.07, 6.45) is 2.61. The first-order valence-corrected chi connectivity index (χ1v) is 8.04. The number of benzene rings is 1. The van der Waals surface area contributed by atoms with E-state index in [0.29, 0.717) is 5.57 Å². The van der Waals surface area contributed by atoms with Gasteiger partial charge in [0.15, 0.2) is 11.6 Å². The molecule has 1 aromatic rings. The highest BCUT2D eigenvalue weighted by atomic mass is 19.1. The minimum absolute atomic E-state index is 0.0472. The Morgan fingerprint density at radius 2 is 1.92 bits per heavy atom. The summed E-state index contributed by atoms with van der Waals surface area (Å²) in [4.78, 5) is 23.1. The van der Waals surface area contributed by atoms with Crippen molar-refractivity contribution in [3.63, 3.8) is 0 Å². The Morgan fingerprint density at radius 3 is 2.44 bits per heavy atom. The number of amides is 1. The van der Waals surface area contributed by atoms with E-state index in [0.717, 1.165) is 31.7 Å². The average Bonchev–Trinajstić information content (AvgIpc) is 3.03. The smallest absolute Gasteiger partial charge is 0.410 e. The van der Waals surface area contributed by atoms with Gasteiger partial charge >= 0.3 is 12.1 Å². The topological polar surface area (TPSA) is 87.9 Å². The highest BCUT2D eigenvalue weighted by Gasteiger charge is 2.29. The van der Waals surface area contributed by atoms with Gasteiger partial charge in [-0.1, -0.05) is 12.2 Å². The molecule has 136 valence electrons. The van der Waals surface area contributed by atoms with E-state index in [2.05, 4.69) is 11.3 Å². The molecule has 0 bridgehead atoms. The first-order chi connectivity index (χ1) is 11.8. The van der Waals surface area contributed by atoms with Crippen molar-refractivity contribution in [3.8, 4) is 11.5 Å². The van der Waals surface area contributed by atoms with Crippen molar-refractivity contribution in [1.82, 2.24) is 0 Å². The Kier molecular flexibility index (Phi) is 6.01. The number of methoxy groups -OCH3 is 1. The molecule has 2 rings (SSSR count). The quantitative estimate of drug-likeness (QED) is 0.626. The predicted molar refractivity (Wildman–Crippen MR) is 89.1 cm³/mol. The van der Waals surface area contributed by atoms with Crippen LogP contribution >= 0.6 is 0 Å². The Balaban J connectivity index is 2.50. The lowest BCUT2D eigenvalue weighted by molar-refractivity contribution is -0.141. The molecule has 0 radical (unpaired) electrons. The van der Waals surface area contributed by atoms with E-state index in [-0.39, 0.29) is 23.2 Å². The molecule has 0 aromatic heterocycles. The van der Waals surface area contributed by atoms with E-state index in [9.17, 15) is 14.0 Å². The molecule has 6 nitrogen and oxygen atoms in total. The molecule has 1 atom stereocenters. The van der Waals surface area contributed by atoms with Gasteiger partial charge in [0.1, 0.15) is 11.7 Å². The Hall–Kier alpha value is -2.57. The van der Waals surface area contributed by atoms with Crippen molar-refractivity contribution in [2.24, 2.45) is 5.73 Å². The third-order valence-corrected chi connectivity index (χ3v) is 4.11. The molecule has 0 heterocycles. The van der Waals surface area contributed by atoms with Gasteiger partial charge in [-0.2, -0.15) is 0 Å². The number of rotatable bonds is 6. The van der Waals surface area contributed by atoms with Gasteiger partial charge < -0.3 is 19.9 Å². The molecule has 0 spiro atoms. The van der Waals surface area contributed by atoms with Gasteiger partial charge in [-0.25, -0.2) is 9.18 Å². The van der Waals surface area contributed by atoms with Crippen molar-refractivity contribution in [2.45, 2.75) is 44.6 Å². The summed E-state index contributed by atoms with van der Waals surface area (Å²) in [6, 6.07) is 2.34. The summed E-state index contributed by atoms with van der Waals surface area (Å²) in [6.45, 7) is 5.44. The van der Waals surface area contributed by atoms with Crippen molar-refractivity contribution < 1.29 is 28.2 Å². The summed E-state index contributed by atoms with van der Waals surface area (Å²) in [7, 11) is 1.25. The van der Waals surface area contributed by atoms with Gasteiger partial charge in [0.2, 0.25) is 0 Å². The predicted octanol–water partition coefficient (Wildman–Crippen LogP) is 3.44. The Bertz CT molecular complexity index is 682. The molecule has 1 aliphatic rings. The second-order valence-corrected chi connectivity index (χ2v) is 6.07. The van der Waals surface area contributed by atoms with Crippen molar-refractivity contribution in [1.29, 1.82) is 0 Å². The number of halogens is 1. The Morgan fingerprint density at radius 1 is 1.28 bits per heavy atom. The largest absolute Gasteiger partial charge is 0.490 e. The lowest BCUT2D eigenvalue weighted by Gasteiger charge is -2.22. The summed E-state index contributed by atoms with van der Waals surface area (Å²) < 4.78 is 29.8. The molecule has 25 heavy (non-hydrogen) atoms. The number of hydrogen-bond acceptors (Lipinski definition) is 5. The molecule has 2 N–H and O–H groups in total. The van der Waals surface area contributed by atoms with Crippen LogP contribution < -0.4 is 15.2 Å². The van der Waals surface area contributed by atoms with E-state index in [4.69, 9.17) is 15.2 Å². The molecule has 1 aromatic carbocycles. The second-order valence-electron chi connectivity index (χ2n) is 6.07. The zero-order valence-corrected chi connectivity index (χ0v) is 14.3. The first-order valence-electron chi connectivity index (χ1n) is 8.04. The third-order valence-electron chi connectivity index (χ3n) is 4.11. The minimum Gasteiger partial charge on any atom is -0.490 e. The molecular weight excluding hydrogens is 329 g/mol. The number of primary amides is 1. The van der Waals surface area contributed by atoms with Crippen LogP contribution in [0.15, 0.2) is 24.3 Å². The zero-order chi connectivity index (χ0) is 18.6. The van der Waals surface area contributed by atoms with Crippen LogP contribution in [0.25, 0.3) is 0 Å². The average molecular weight is 351 g/mol. The van der Waals surface area contributed by atoms with Crippen LogP contribution in [-0.4, -0.2) is 25.3 Å². The molecule has 1 saturated carbocycles. The van der Waals surface area contributed by atoms with Crippen molar-refractivity contribution >= 4 is 12.1 Å². The highest BCUT2D eigenvalue weighted by molar-refractivity contribution is 5.83. The molecule has 1 amide bonds. The van der Waals surface area contributed by atoms with Crippen LogP contribution in [0, 0.1) is 5.82 Å². The molecule has 1 fully saturated rings. The third kappa shape index (κ3) is 4.49. The minimum atomic E-state index is -1.14. The second kappa shape index (κ2) is 8.00. The first kappa shape index (κ1) is 18.8. The van der Waals surface area contributed by atoms with Gasteiger partial charge in [-0.05, 0) is 38.7 Å². The molecular formula is C18H22FNO5. The maximum absolute atomic E-state index is 14.3. The lowest BCUT2D eigenvalue weighted by atomic mass is 9.92. The van der Waals surface area contributed by atoms with E-state index >= 15 is 0 Å². The number of carbonyl (C=O) groups is 2. The van der Waals surface area contributed by atoms with Crippen molar-refractivity contribution in [3.05, 3.63) is 35.7 Å². The van der Waals surface area contributed by atoms with Gasteiger partial charge in [0, 0.05) is 11.6 Å². The van der Waals surface area contributed by atoms with E-state index in [1.807, 2.05) is 0 Å². The van der Waals surface area contributed by atoms with Crippen LogP contribution in [0.1, 0.15) is 44.1 Å². The van der Waals surface area contributed by atoms with Gasteiger partial charge in [-0.15, -0.1) is 0 Å². The summed E-state index contributed by atoms with van der Waals surface area (Å²) in [5, 5.41) is 0. The van der Waals surface area contributed by atoms with Gasteiger partial charge in [0.05, 0.1) is 13.2 Å². The normalized spacial score (nSPS) is 15.5. The van der Waals surface area contributed by atoms with E-state index in [1.165, 1.54) is 13.2 Å². The number of esters is 1. The fourth-order valence-corrected chi connectivity index (χ4v) is 2.96. The van der Waals surface area contributed by atoms with Crippen LogP contribution in [0.2, 0.25) is 0 Å². The van der Waals surface area contributed by atoms with Crippen LogP contribution in [0.3, 0.4) is 0 Å². The number of hydrogen-bond donors (Lipinski definition) is 1. The summed E-state index contributed by atoms with van der Waals surface area (Å²) in [5.74, 6) is -2.40. The molecule has 1 unspecified atom stereocenters. The Labute approximate surface area is 145 Å². The van der Waals surface area contributed by atoms with Crippen LogP contribution in [0.5, 0.6) is 11.5 Å².